The normalized spacial score (nSPS) is 12.9. The van der Waals surface area contributed by atoms with Crippen molar-refractivity contribution in [3.8, 4) is 0 Å². The van der Waals surface area contributed by atoms with Crippen molar-refractivity contribution in [2.75, 3.05) is 6.61 Å². The second kappa shape index (κ2) is 15.8. The van der Waals surface area contributed by atoms with E-state index >= 15 is 0 Å². The third-order valence-electron chi connectivity index (χ3n) is 3.40. The zero-order valence-electron chi connectivity index (χ0n) is 13.5. The van der Waals surface area contributed by atoms with Crippen molar-refractivity contribution in [3.63, 3.8) is 0 Å². The Morgan fingerprint density at radius 3 is 2.00 bits per heavy atom. The molecule has 0 bridgehead atoms. The average Bonchev–Trinajstić information content (AvgIpc) is 2.42. The summed E-state index contributed by atoms with van der Waals surface area (Å²) in [7, 11) is -3.56. The van der Waals surface area contributed by atoms with Gasteiger partial charge >= 0.3 is 39.9 Å². The van der Waals surface area contributed by atoms with Crippen molar-refractivity contribution in [1.82, 2.24) is 4.72 Å². The molecule has 6 heteroatoms. The van der Waals surface area contributed by atoms with Crippen LogP contribution in [0, 0.1) is 0 Å². The Kier molecular flexibility index (Phi) is 18.1. The van der Waals surface area contributed by atoms with Crippen LogP contribution in [0.2, 0.25) is 0 Å². The molecule has 0 radical (unpaired) electrons. The zero-order chi connectivity index (χ0) is 15.3. The summed E-state index contributed by atoms with van der Waals surface area (Å²) in [6.45, 7) is 6.38. The first-order chi connectivity index (χ1) is 9.55. The van der Waals surface area contributed by atoms with Gasteiger partial charge in [-0.05, 0) is 19.3 Å². The van der Waals surface area contributed by atoms with Gasteiger partial charge in [-0.1, -0.05) is 65.7 Å². The first-order valence-electron chi connectivity index (χ1n) is 8.22. The molecule has 1 N–H and O–H groups in total. The molecule has 0 aliphatic carbocycles. The summed E-state index contributed by atoms with van der Waals surface area (Å²) in [4.78, 5) is 0. The van der Waals surface area contributed by atoms with Gasteiger partial charge in [0, 0.05) is 6.04 Å². The Labute approximate surface area is 154 Å². The molecule has 0 aliphatic rings. The van der Waals surface area contributed by atoms with Gasteiger partial charge < -0.3 is 0 Å². The molecule has 124 valence electrons. The van der Waals surface area contributed by atoms with E-state index in [2.05, 4.69) is 11.6 Å². The predicted molar refractivity (Wildman–Crippen MR) is 92.1 cm³/mol. The van der Waals surface area contributed by atoms with E-state index in [1.54, 1.807) is 0 Å². The van der Waals surface area contributed by atoms with Crippen LogP contribution in [0.5, 0.6) is 0 Å². The Morgan fingerprint density at radius 2 is 1.48 bits per heavy atom. The summed E-state index contributed by atoms with van der Waals surface area (Å²) >= 11 is 0. The first kappa shape index (κ1) is 24.1. The number of rotatable bonds is 14. The van der Waals surface area contributed by atoms with Crippen molar-refractivity contribution >= 4 is 39.9 Å². The summed E-state index contributed by atoms with van der Waals surface area (Å²) in [6, 6.07) is 0.00694. The van der Waals surface area contributed by atoms with Gasteiger partial charge in [0.25, 0.3) is 0 Å². The van der Waals surface area contributed by atoms with Crippen LogP contribution < -0.4 is 4.72 Å². The maximum atomic E-state index is 11.6. The Bertz CT molecular complexity index is 310. The van der Waals surface area contributed by atoms with Crippen LogP contribution in [0.4, 0.5) is 0 Å². The molecule has 0 aromatic heterocycles. The van der Waals surface area contributed by atoms with Crippen molar-refractivity contribution in [3.05, 3.63) is 0 Å². The minimum absolute atomic E-state index is 0. The van der Waals surface area contributed by atoms with Crippen LogP contribution in [0.25, 0.3) is 0 Å². The van der Waals surface area contributed by atoms with E-state index in [4.69, 9.17) is 4.18 Å². The summed E-state index contributed by atoms with van der Waals surface area (Å²) in [5.74, 6) is 0. The molecular formula is C15H34NNaO3S. The van der Waals surface area contributed by atoms with E-state index in [-0.39, 0.29) is 42.2 Å². The fourth-order valence-corrected chi connectivity index (χ4v) is 3.27. The quantitative estimate of drug-likeness (QED) is 0.391. The first-order valence-corrected chi connectivity index (χ1v) is 9.63. The predicted octanol–water partition coefficient (Wildman–Crippen LogP) is 3.52. The molecule has 0 spiro atoms. The van der Waals surface area contributed by atoms with Gasteiger partial charge in [0.15, 0.2) is 0 Å². The van der Waals surface area contributed by atoms with Crippen molar-refractivity contribution in [1.29, 1.82) is 0 Å². The third-order valence-corrected chi connectivity index (χ3v) is 4.50. The molecule has 0 aliphatic heterocycles. The zero-order valence-corrected chi connectivity index (χ0v) is 14.3. The van der Waals surface area contributed by atoms with Gasteiger partial charge in [0.1, 0.15) is 0 Å². The molecule has 0 saturated carbocycles. The molecule has 21 heavy (non-hydrogen) atoms. The molecule has 0 saturated heterocycles. The maximum absolute atomic E-state index is 11.6. The fourth-order valence-electron chi connectivity index (χ4n) is 2.13. The van der Waals surface area contributed by atoms with Crippen molar-refractivity contribution < 1.29 is 12.6 Å². The van der Waals surface area contributed by atoms with Gasteiger partial charge in [0.05, 0.1) is 6.61 Å². The van der Waals surface area contributed by atoms with Gasteiger partial charge in [-0.3, -0.25) is 4.18 Å². The Morgan fingerprint density at radius 1 is 0.905 bits per heavy atom. The number of nitrogens with one attached hydrogen (secondary N) is 1. The molecule has 1 atom stereocenters. The van der Waals surface area contributed by atoms with Gasteiger partial charge in [0.2, 0.25) is 0 Å². The van der Waals surface area contributed by atoms with Crippen LogP contribution in [-0.2, 0) is 14.5 Å². The molecule has 4 nitrogen and oxygen atoms in total. The molecule has 0 rings (SSSR count). The molecule has 0 aromatic carbocycles. The van der Waals surface area contributed by atoms with Crippen LogP contribution in [0.3, 0.4) is 0 Å². The summed E-state index contributed by atoms with van der Waals surface area (Å²) in [6.07, 6.45) is 11.2. The van der Waals surface area contributed by atoms with Gasteiger partial charge in [-0.25, -0.2) is 0 Å². The van der Waals surface area contributed by atoms with Crippen LogP contribution in [0.15, 0.2) is 0 Å². The second-order valence-electron chi connectivity index (χ2n) is 5.41. The number of hydrogen-bond donors (Lipinski definition) is 1. The standard InChI is InChI=1S/C15H33NO3S.Na.H/c1-4-7-8-9-10-11-12-13-15(6-3)16-20(17,18)19-14-5-2;;/h15-16H,4-14H2,1-3H3;;. The molecule has 0 heterocycles. The van der Waals surface area contributed by atoms with Crippen LogP contribution in [0.1, 0.15) is 85.0 Å². The topological polar surface area (TPSA) is 55.4 Å². The molecule has 0 fully saturated rings. The molecule has 1 unspecified atom stereocenters. The average molecular weight is 331 g/mol. The minimum atomic E-state index is -3.56. The van der Waals surface area contributed by atoms with E-state index in [0.29, 0.717) is 6.42 Å². The summed E-state index contributed by atoms with van der Waals surface area (Å²) < 4.78 is 30.7. The van der Waals surface area contributed by atoms with Crippen molar-refractivity contribution in [2.45, 2.75) is 91.0 Å². The Balaban J connectivity index is 0. The van der Waals surface area contributed by atoms with E-state index in [1.807, 2.05) is 13.8 Å². The number of unbranched alkanes of at least 4 members (excludes halogenated alkanes) is 6. The molecular weight excluding hydrogens is 297 g/mol. The molecule has 0 aromatic rings. The number of hydrogen-bond acceptors (Lipinski definition) is 3. The third kappa shape index (κ3) is 15.5. The van der Waals surface area contributed by atoms with Crippen LogP contribution >= 0.6 is 0 Å². The monoisotopic (exact) mass is 331 g/mol. The van der Waals surface area contributed by atoms with Gasteiger partial charge in [-0.15, -0.1) is 0 Å². The summed E-state index contributed by atoms with van der Waals surface area (Å²) in [5, 5.41) is 0. The fraction of sp³-hybridized carbons (Fsp3) is 1.00. The van der Waals surface area contributed by atoms with Crippen LogP contribution in [-0.4, -0.2) is 50.6 Å². The van der Waals surface area contributed by atoms with E-state index < -0.39 is 10.3 Å². The van der Waals surface area contributed by atoms with E-state index in [9.17, 15) is 8.42 Å². The Hall–Kier alpha value is 0.870. The van der Waals surface area contributed by atoms with Gasteiger partial charge in [-0.2, -0.15) is 13.1 Å². The SMILES string of the molecule is CCCCCCCCCC(CC)NS(=O)(=O)OCCC.[NaH]. The molecule has 0 amide bonds. The van der Waals surface area contributed by atoms with E-state index in [1.165, 1.54) is 38.5 Å². The summed E-state index contributed by atoms with van der Waals surface area (Å²) in [5.41, 5.74) is 0. The second-order valence-corrected chi connectivity index (χ2v) is 6.79. The van der Waals surface area contributed by atoms with Crippen molar-refractivity contribution in [2.24, 2.45) is 0 Å². The van der Waals surface area contributed by atoms with E-state index in [0.717, 1.165) is 19.3 Å².